The largest absolute Gasteiger partial charge is 0.394 e. The Bertz CT molecular complexity index is 604. The maximum atomic E-state index is 9.75. The van der Waals surface area contributed by atoms with Crippen molar-refractivity contribution in [3.63, 3.8) is 0 Å². The van der Waals surface area contributed by atoms with E-state index in [0.29, 0.717) is 6.42 Å². The van der Waals surface area contributed by atoms with E-state index >= 15 is 0 Å². The second-order valence-electron chi connectivity index (χ2n) is 4.71. The number of nitrogens with zero attached hydrogens (tertiary/aromatic N) is 3. The van der Waals surface area contributed by atoms with E-state index in [0.717, 1.165) is 15.7 Å². The van der Waals surface area contributed by atoms with Gasteiger partial charge in [0.25, 0.3) is 0 Å². The first-order chi connectivity index (χ1) is 9.67. The van der Waals surface area contributed by atoms with E-state index in [-0.39, 0.29) is 12.8 Å². The van der Waals surface area contributed by atoms with Crippen molar-refractivity contribution in [1.29, 1.82) is 0 Å². The quantitative estimate of drug-likeness (QED) is 0.882. The fraction of sp³-hybridized carbons (Fsp3) is 0.385. The molecule has 2 N–H and O–H groups in total. The molecule has 20 heavy (non-hydrogen) atoms. The van der Waals surface area contributed by atoms with E-state index in [1.807, 2.05) is 12.3 Å². The van der Waals surface area contributed by atoms with Crippen molar-refractivity contribution in [2.75, 3.05) is 6.61 Å². The summed E-state index contributed by atoms with van der Waals surface area (Å²) in [7, 11) is 0. The number of hydrogen-bond donors (Lipinski definition) is 2. The molecule has 3 atom stereocenters. The average Bonchev–Trinajstić information content (AvgIpc) is 3.05. The Morgan fingerprint density at radius 1 is 1.45 bits per heavy atom. The van der Waals surface area contributed by atoms with Gasteiger partial charge in [-0.1, -0.05) is 0 Å². The molecule has 6 nitrogen and oxygen atoms in total. The number of hydrogen-bond acceptors (Lipinski definition) is 5. The van der Waals surface area contributed by atoms with Crippen molar-refractivity contribution in [1.82, 2.24) is 14.5 Å². The SMILES string of the molecule is OC[C@H]1O[C@@H](n2cnc(-c3cncc(Br)c3)c2)C[C@@H]1O. The molecule has 0 saturated carbocycles. The first kappa shape index (κ1) is 13.7. The summed E-state index contributed by atoms with van der Waals surface area (Å²) in [5, 5.41) is 18.8. The molecule has 0 spiro atoms. The highest BCUT2D eigenvalue weighted by atomic mass is 79.9. The fourth-order valence-electron chi connectivity index (χ4n) is 2.26. The van der Waals surface area contributed by atoms with E-state index in [1.54, 1.807) is 23.3 Å². The maximum absolute atomic E-state index is 9.75. The first-order valence-corrected chi connectivity index (χ1v) is 7.05. The van der Waals surface area contributed by atoms with Crippen LogP contribution in [0.4, 0.5) is 0 Å². The van der Waals surface area contributed by atoms with Crippen LogP contribution in [0.25, 0.3) is 11.3 Å². The van der Waals surface area contributed by atoms with Crippen LogP contribution in [0.1, 0.15) is 12.6 Å². The Morgan fingerprint density at radius 2 is 2.30 bits per heavy atom. The molecule has 0 aromatic carbocycles. The third-order valence-electron chi connectivity index (χ3n) is 3.32. The Balaban J connectivity index is 1.81. The summed E-state index contributed by atoms with van der Waals surface area (Å²) >= 11 is 3.37. The van der Waals surface area contributed by atoms with Crippen molar-refractivity contribution >= 4 is 15.9 Å². The molecule has 2 aromatic rings. The number of halogens is 1. The summed E-state index contributed by atoms with van der Waals surface area (Å²) in [5.74, 6) is 0. The van der Waals surface area contributed by atoms with E-state index in [2.05, 4.69) is 25.9 Å². The Morgan fingerprint density at radius 3 is 3.00 bits per heavy atom. The van der Waals surface area contributed by atoms with Gasteiger partial charge in [-0.3, -0.25) is 4.98 Å². The Hall–Kier alpha value is -1.28. The van der Waals surface area contributed by atoms with E-state index < -0.39 is 12.2 Å². The zero-order valence-electron chi connectivity index (χ0n) is 10.6. The lowest BCUT2D eigenvalue weighted by molar-refractivity contribution is -0.0443. The number of imidazole rings is 1. The van der Waals surface area contributed by atoms with Crippen LogP contribution >= 0.6 is 15.9 Å². The van der Waals surface area contributed by atoms with Gasteiger partial charge in [-0.05, 0) is 22.0 Å². The third kappa shape index (κ3) is 2.62. The van der Waals surface area contributed by atoms with Crippen LogP contribution in [-0.4, -0.2) is 43.6 Å². The van der Waals surface area contributed by atoms with Gasteiger partial charge in [0, 0.05) is 35.0 Å². The van der Waals surface area contributed by atoms with Gasteiger partial charge in [-0.25, -0.2) is 4.98 Å². The van der Waals surface area contributed by atoms with Gasteiger partial charge in [0.2, 0.25) is 0 Å². The van der Waals surface area contributed by atoms with Crippen molar-refractivity contribution < 1.29 is 14.9 Å². The second-order valence-corrected chi connectivity index (χ2v) is 5.63. The van der Waals surface area contributed by atoms with Crippen LogP contribution < -0.4 is 0 Å². The van der Waals surface area contributed by atoms with Gasteiger partial charge < -0.3 is 19.5 Å². The number of rotatable bonds is 3. The maximum Gasteiger partial charge on any atom is 0.137 e. The van der Waals surface area contributed by atoms with Gasteiger partial charge in [0.1, 0.15) is 12.3 Å². The molecule has 106 valence electrons. The third-order valence-corrected chi connectivity index (χ3v) is 3.75. The second kappa shape index (κ2) is 5.61. The van der Waals surface area contributed by atoms with Gasteiger partial charge in [-0.2, -0.15) is 0 Å². The molecular weight excluding hydrogens is 326 g/mol. The molecule has 0 aliphatic carbocycles. The average molecular weight is 340 g/mol. The van der Waals surface area contributed by atoms with Gasteiger partial charge in [0.05, 0.1) is 24.7 Å². The molecule has 0 unspecified atom stereocenters. The summed E-state index contributed by atoms with van der Waals surface area (Å²) in [6.07, 6.45) is 5.91. The zero-order chi connectivity index (χ0) is 14.1. The molecular formula is C13H14BrN3O3. The molecule has 3 rings (SSSR count). The summed E-state index contributed by atoms with van der Waals surface area (Å²) in [6.45, 7) is -0.186. The van der Waals surface area contributed by atoms with Crippen LogP contribution in [0.5, 0.6) is 0 Å². The van der Waals surface area contributed by atoms with E-state index in [1.165, 1.54) is 0 Å². The molecule has 1 aliphatic rings. The van der Waals surface area contributed by atoms with Crippen LogP contribution in [0.3, 0.4) is 0 Å². The molecule has 1 aliphatic heterocycles. The lowest BCUT2D eigenvalue weighted by Crippen LogP contribution is -2.24. The number of pyridine rings is 1. The number of ether oxygens (including phenoxy) is 1. The molecule has 0 radical (unpaired) electrons. The molecule has 1 saturated heterocycles. The van der Waals surface area contributed by atoms with Crippen molar-refractivity contribution in [3.8, 4) is 11.3 Å². The van der Waals surface area contributed by atoms with Crippen molar-refractivity contribution in [2.24, 2.45) is 0 Å². The van der Waals surface area contributed by atoms with Crippen LogP contribution in [0.2, 0.25) is 0 Å². The number of aliphatic hydroxyl groups is 2. The van der Waals surface area contributed by atoms with Gasteiger partial charge in [-0.15, -0.1) is 0 Å². The zero-order valence-corrected chi connectivity index (χ0v) is 12.1. The molecule has 1 fully saturated rings. The molecule has 3 heterocycles. The Labute approximate surface area is 124 Å². The predicted molar refractivity (Wildman–Crippen MR) is 74.8 cm³/mol. The van der Waals surface area contributed by atoms with Gasteiger partial charge in [0.15, 0.2) is 0 Å². The first-order valence-electron chi connectivity index (χ1n) is 6.26. The van der Waals surface area contributed by atoms with E-state index in [9.17, 15) is 5.11 Å². The minimum absolute atomic E-state index is 0.186. The lowest BCUT2D eigenvalue weighted by atomic mass is 10.2. The van der Waals surface area contributed by atoms with Crippen LogP contribution in [0.15, 0.2) is 35.5 Å². The van der Waals surface area contributed by atoms with Crippen LogP contribution in [-0.2, 0) is 4.74 Å². The molecule has 7 heteroatoms. The highest BCUT2D eigenvalue weighted by Gasteiger charge is 2.34. The fourth-order valence-corrected chi connectivity index (χ4v) is 2.62. The van der Waals surface area contributed by atoms with E-state index in [4.69, 9.17) is 9.84 Å². The monoisotopic (exact) mass is 339 g/mol. The molecule has 0 bridgehead atoms. The summed E-state index contributed by atoms with van der Waals surface area (Å²) in [4.78, 5) is 8.43. The predicted octanol–water partition coefficient (Wildman–Crippen LogP) is 1.35. The number of aliphatic hydroxyl groups excluding tert-OH is 2. The van der Waals surface area contributed by atoms with Crippen LogP contribution in [0, 0.1) is 0 Å². The lowest BCUT2D eigenvalue weighted by Gasteiger charge is -2.12. The summed E-state index contributed by atoms with van der Waals surface area (Å²) in [5.41, 5.74) is 1.68. The normalized spacial score (nSPS) is 26.1. The van der Waals surface area contributed by atoms with Crippen molar-refractivity contribution in [2.45, 2.75) is 24.9 Å². The summed E-state index contributed by atoms with van der Waals surface area (Å²) < 4.78 is 8.27. The highest BCUT2D eigenvalue weighted by Crippen LogP contribution is 2.30. The molecule has 0 amide bonds. The Kier molecular flexibility index (Phi) is 3.84. The number of aromatic nitrogens is 3. The minimum Gasteiger partial charge on any atom is -0.394 e. The standard InChI is InChI=1S/C13H14BrN3O3/c14-9-1-8(3-15-4-9)10-5-17(7-16-10)13-2-11(19)12(6-18)20-13/h1,3-5,7,11-13,18-19H,2,6H2/t11-,12+,13+/m0/s1. The minimum atomic E-state index is -0.650. The van der Waals surface area contributed by atoms with Crippen molar-refractivity contribution in [3.05, 3.63) is 35.5 Å². The smallest absolute Gasteiger partial charge is 0.137 e. The summed E-state index contributed by atoms with van der Waals surface area (Å²) in [6, 6.07) is 1.93. The topological polar surface area (TPSA) is 80.4 Å². The highest BCUT2D eigenvalue weighted by molar-refractivity contribution is 9.10. The van der Waals surface area contributed by atoms with Gasteiger partial charge >= 0.3 is 0 Å². The molecule has 2 aromatic heterocycles.